The van der Waals surface area contributed by atoms with E-state index in [4.69, 9.17) is 14.4 Å². The standard InChI is InChI=1S/C16H17N3O2/c1-3-18-16-14(11-17)19-15(21-16)10-7-12-5-8-13(9-6-12)20-4-2/h5-10,18H,3-4H2,1-2H3/b10-7+. The van der Waals surface area contributed by atoms with Gasteiger partial charge >= 0.3 is 0 Å². The van der Waals surface area contributed by atoms with Gasteiger partial charge in [-0.2, -0.15) is 10.2 Å². The lowest BCUT2D eigenvalue weighted by molar-refractivity contribution is 0.340. The van der Waals surface area contributed by atoms with E-state index in [-0.39, 0.29) is 5.69 Å². The normalized spacial score (nSPS) is 10.5. The fourth-order valence-electron chi connectivity index (χ4n) is 1.77. The van der Waals surface area contributed by atoms with Crippen molar-refractivity contribution in [2.45, 2.75) is 13.8 Å². The third-order valence-electron chi connectivity index (χ3n) is 2.70. The van der Waals surface area contributed by atoms with E-state index in [2.05, 4.69) is 10.3 Å². The van der Waals surface area contributed by atoms with Crippen LogP contribution in [0.4, 0.5) is 5.88 Å². The molecule has 1 aromatic heterocycles. The third-order valence-corrected chi connectivity index (χ3v) is 2.70. The maximum Gasteiger partial charge on any atom is 0.232 e. The van der Waals surface area contributed by atoms with Crippen LogP contribution < -0.4 is 10.1 Å². The van der Waals surface area contributed by atoms with Crippen LogP contribution in [0.5, 0.6) is 5.75 Å². The lowest BCUT2D eigenvalue weighted by Gasteiger charge is -2.01. The number of nitrogens with zero attached hydrogens (tertiary/aromatic N) is 2. The molecule has 1 aromatic carbocycles. The van der Waals surface area contributed by atoms with Crippen LogP contribution in [0.15, 0.2) is 28.7 Å². The minimum absolute atomic E-state index is 0.267. The summed E-state index contributed by atoms with van der Waals surface area (Å²) in [6, 6.07) is 9.71. The van der Waals surface area contributed by atoms with E-state index in [1.165, 1.54) is 0 Å². The molecule has 0 aliphatic rings. The van der Waals surface area contributed by atoms with E-state index in [0.29, 0.717) is 24.9 Å². The first-order valence-corrected chi connectivity index (χ1v) is 6.82. The SMILES string of the molecule is CCNc1oc(/C=C/c2ccc(OCC)cc2)nc1C#N. The van der Waals surface area contributed by atoms with Crippen LogP contribution in [-0.2, 0) is 0 Å². The maximum absolute atomic E-state index is 8.97. The number of anilines is 1. The van der Waals surface area contributed by atoms with Gasteiger partial charge in [0.25, 0.3) is 0 Å². The summed E-state index contributed by atoms with van der Waals surface area (Å²) < 4.78 is 10.9. The van der Waals surface area contributed by atoms with Gasteiger partial charge in [-0.15, -0.1) is 0 Å². The number of benzene rings is 1. The Morgan fingerprint density at radius 1 is 1.29 bits per heavy atom. The highest BCUT2D eigenvalue weighted by atomic mass is 16.5. The van der Waals surface area contributed by atoms with E-state index in [1.807, 2.05) is 50.3 Å². The van der Waals surface area contributed by atoms with Crippen LogP contribution in [0.1, 0.15) is 31.0 Å². The summed E-state index contributed by atoms with van der Waals surface area (Å²) in [6.45, 7) is 5.20. The summed E-state index contributed by atoms with van der Waals surface area (Å²) in [7, 11) is 0. The molecule has 0 saturated heterocycles. The second-order valence-electron chi connectivity index (χ2n) is 4.21. The van der Waals surface area contributed by atoms with Gasteiger partial charge in [-0.1, -0.05) is 12.1 Å². The van der Waals surface area contributed by atoms with E-state index in [0.717, 1.165) is 11.3 Å². The Bertz CT molecular complexity index is 651. The molecule has 2 rings (SSSR count). The average Bonchev–Trinajstić information content (AvgIpc) is 2.89. The summed E-state index contributed by atoms with van der Waals surface area (Å²) in [6.07, 6.45) is 3.61. The fraction of sp³-hybridized carbons (Fsp3) is 0.250. The van der Waals surface area contributed by atoms with Gasteiger partial charge in [0.1, 0.15) is 11.8 Å². The molecule has 5 nitrogen and oxygen atoms in total. The average molecular weight is 283 g/mol. The molecule has 0 spiro atoms. The Labute approximate surface area is 123 Å². The van der Waals surface area contributed by atoms with E-state index in [9.17, 15) is 0 Å². The van der Waals surface area contributed by atoms with E-state index < -0.39 is 0 Å². The van der Waals surface area contributed by atoms with Crippen LogP contribution in [0.25, 0.3) is 12.2 Å². The molecule has 0 aliphatic heterocycles. The van der Waals surface area contributed by atoms with Gasteiger partial charge in [-0.25, -0.2) is 0 Å². The molecular formula is C16H17N3O2. The minimum atomic E-state index is 0.267. The Kier molecular flexibility index (Phi) is 4.99. The van der Waals surface area contributed by atoms with Crippen molar-refractivity contribution in [3.05, 3.63) is 41.4 Å². The van der Waals surface area contributed by atoms with Crippen molar-refractivity contribution >= 4 is 18.0 Å². The monoisotopic (exact) mass is 283 g/mol. The van der Waals surface area contributed by atoms with Crippen LogP contribution in [-0.4, -0.2) is 18.1 Å². The van der Waals surface area contributed by atoms with Gasteiger partial charge in [0.2, 0.25) is 17.5 Å². The Balaban J connectivity index is 2.11. The predicted octanol–water partition coefficient (Wildman–Crippen LogP) is 3.55. The lowest BCUT2D eigenvalue weighted by Crippen LogP contribution is -1.96. The Hall–Kier alpha value is -2.74. The fourth-order valence-corrected chi connectivity index (χ4v) is 1.77. The number of nitriles is 1. The van der Waals surface area contributed by atoms with Gasteiger partial charge in [-0.3, -0.25) is 0 Å². The molecule has 108 valence electrons. The number of ether oxygens (including phenoxy) is 1. The van der Waals surface area contributed by atoms with Crippen LogP contribution in [0, 0.1) is 11.3 Å². The molecule has 0 saturated carbocycles. The Morgan fingerprint density at radius 3 is 2.67 bits per heavy atom. The number of nitrogens with one attached hydrogen (secondary N) is 1. The first-order valence-electron chi connectivity index (χ1n) is 6.82. The molecule has 0 aliphatic carbocycles. The number of hydrogen-bond acceptors (Lipinski definition) is 5. The van der Waals surface area contributed by atoms with Crippen molar-refractivity contribution < 1.29 is 9.15 Å². The van der Waals surface area contributed by atoms with Crippen molar-refractivity contribution in [2.24, 2.45) is 0 Å². The molecular weight excluding hydrogens is 266 g/mol. The zero-order valence-corrected chi connectivity index (χ0v) is 12.1. The first-order chi connectivity index (χ1) is 10.3. The van der Waals surface area contributed by atoms with Crippen molar-refractivity contribution in [1.82, 2.24) is 4.98 Å². The summed E-state index contributed by atoms with van der Waals surface area (Å²) in [5.41, 5.74) is 1.27. The van der Waals surface area contributed by atoms with Crippen LogP contribution >= 0.6 is 0 Å². The number of hydrogen-bond donors (Lipinski definition) is 1. The first kappa shape index (κ1) is 14.7. The molecule has 1 heterocycles. The van der Waals surface area contributed by atoms with Crippen LogP contribution in [0.3, 0.4) is 0 Å². The molecule has 21 heavy (non-hydrogen) atoms. The quantitative estimate of drug-likeness (QED) is 0.877. The van der Waals surface area contributed by atoms with E-state index in [1.54, 1.807) is 6.08 Å². The highest BCUT2D eigenvalue weighted by Crippen LogP contribution is 2.19. The number of rotatable bonds is 6. The molecule has 1 N–H and O–H groups in total. The molecule has 0 unspecified atom stereocenters. The highest BCUT2D eigenvalue weighted by Gasteiger charge is 2.09. The topological polar surface area (TPSA) is 71.1 Å². The molecule has 5 heteroatoms. The zero-order valence-electron chi connectivity index (χ0n) is 12.1. The van der Waals surface area contributed by atoms with E-state index >= 15 is 0 Å². The summed E-state index contributed by atoms with van der Waals surface area (Å²) >= 11 is 0. The molecule has 0 radical (unpaired) electrons. The number of oxazole rings is 1. The van der Waals surface area contributed by atoms with Crippen molar-refractivity contribution in [2.75, 3.05) is 18.5 Å². The smallest absolute Gasteiger partial charge is 0.232 e. The zero-order chi connectivity index (χ0) is 15.1. The molecule has 2 aromatic rings. The molecule has 0 amide bonds. The Morgan fingerprint density at radius 2 is 2.05 bits per heavy atom. The largest absolute Gasteiger partial charge is 0.494 e. The van der Waals surface area contributed by atoms with Gasteiger partial charge in [0.15, 0.2) is 0 Å². The highest BCUT2D eigenvalue weighted by molar-refractivity contribution is 5.67. The summed E-state index contributed by atoms with van der Waals surface area (Å²) in [5.74, 6) is 1.65. The van der Waals surface area contributed by atoms with Gasteiger partial charge < -0.3 is 14.5 Å². The molecule has 0 atom stereocenters. The molecule has 0 fully saturated rings. The van der Waals surface area contributed by atoms with Gasteiger partial charge in [0.05, 0.1) is 6.61 Å². The van der Waals surface area contributed by atoms with Crippen molar-refractivity contribution in [3.63, 3.8) is 0 Å². The molecule has 0 bridgehead atoms. The minimum Gasteiger partial charge on any atom is -0.494 e. The summed E-state index contributed by atoms with van der Waals surface area (Å²) in [4.78, 5) is 4.11. The second-order valence-corrected chi connectivity index (χ2v) is 4.21. The lowest BCUT2D eigenvalue weighted by atomic mass is 10.2. The van der Waals surface area contributed by atoms with Gasteiger partial charge in [0, 0.05) is 12.6 Å². The van der Waals surface area contributed by atoms with Crippen molar-refractivity contribution in [1.29, 1.82) is 5.26 Å². The third kappa shape index (κ3) is 3.86. The maximum atomic E-state index is 8.97. The number of aromatic nitrogens is 1. The van der Waals surface area contributed by atoms with Crippen molar-refractivity contribution in [3.8, 4) is 11.8 Å². The predicted molar refractivity (Wildman–Crippen MR) is 81.9 cm³/mol. The van der Waals surface area contributed by atoms with Gasteiger partial charge in [-0.05, 0) is 37.6 Å². The second kappa shape index (κ2) is 7.15. The summed E-state index contributed by atoms with van der Waals surface area (Å²) in [5, 5.41) is 11.9. The van der Waals surface area contributed by atoms with Crippen LogP contribution in [0.2, 0.25) is 0 Å².